The quantitative estimate of drug-likeness (QED) is 0.853. The molecule has 0 saturated heterocycles. The van der Waals surface area contributed by atoms with Gasteiger partial charge in [-0.2, -0.15) is 0 Å². The number of nitrogens with one attached hydrogen (secondary N) is 1. The number of carbonyl (C=O) groups is 1. The number of benzene rings is 1. The number of hydrogen-bond donors (Lipinski definition) is 1. The Morgan fingerprint density at radius 2 is 2.16 bits per heavy atom. The summed E-state index contributed by atoms with van der Waals surface area (Å²) in [6.07, 6.45) is 1.58. The van der Waals surface area contributed by atoms with Crippen LogP contribution in [0.25, 0.3) is 11.3 Å². The van der Waals surface area contributed by atoms with E-state index in [9.17, 15) is 4.79 Å². The van der Waals surface area contributed by atoms with Crippen LogP contribution in [0, 0.1) is 0 Å². The first-order chi connectivity index (χ1) is 9.19. The van der Waals surface area contributed by atoms with Gasteiger partial charge in [0, 0.05) is 10.6 Å². The van der Waals surface area contributed by atoms with E-state index in [-0.39, 0.29) is 18.5 Å². The Bertz CT molecular complexity index is 551. The van der Waals surface area contributed by atoms with Gasteiger partial charge in [-0.3, -0.25) is 4.79 Å². The lowest BCUT2D eigenvalue weighted by molar-refractivity contribution is -0.140. The van der Waals surface area contributed by atoms with Gasteiger partial charge in [-0.05, 0) is 31.2 Å². The van der Waals surface area contributed by atoms with E-state index in [0.717, 1.165) is 5.56 Å². The number of esters is 1. The predicted octanol–water partition coefficient (Wildman–Crippen LogP) is 2.97. The van der Waals surface area contributed by atoms with E-state index in [1.165, 1.54) is 0 Å². The van der Waals surface area contributed by atoms with Gasteiger partial charge in [-0.15, -0.1) is 0 Å². The zero-order valence-electron chi connectivity index (χ0n) is 10.4. The number of anilines is 1. The van der Waals surface area contributed by atoms with Crippen LogP contribution in [0.1, 0.15) is 6.92 Å². The minimum atomic E-state index is -0.353. The molecule has 0 unspecified atom stereocenters. The molecule has 0 bridgehead atoms. The van der Waals surface area contributed by atoms with Crippen LogP contribution in [0.15, 0.2) is 34.9 Å². The van der Waals surface area contributed by atoms with Crippen molar-refractivity contribution in [1.29, 1.82) is 0 Å². The van der Waals surface area contributed by atoms with Crippen molar-refractivity contribution in [3.63, 3.8) is 0 Å². The van der Waals surface area contributed by atoms with Gasteiger partial charge < -0.3 is 14.5 Å². The fourth-order valence-corrected chi connectivity index (χ4v) is 1.59. The molecule has 1 aromatic heterocycles. The van der Waals surface area contributed by atoms with Crippen molar-refractivity contribution < 1.29 is 13.9 Å². The van der Waals surface area contributed by atoms with E-state index < -0.39 is 0 Å². The summed E-state index contributed by atoms with van der Waals surface area (Å²) in [6, 6.07) is 7.48. The molecule has 1 N–H and O–H groups in total. The Kier molecular flexibility index (Phi) is 4.41. The molecule has 1 heterocycles. The van der Waals surface area contributed by atoms with Crippen LogP contribution in [-0.2, 0) is 9.53 Å². The Labute approximate surface area is 115 Å². The van der Waals surface area contributed by atoms with Crippen LogP contribution in [0.2, 0.25) is 5.02 Å². The number of aromatic nitrogens is 1. The van der Waals surface area contributed by atoms with Gasteiger partial charge in [0.15, 0.2) is 5.76 Å². The van der Waals surface area contributed by atoms with Crippen molar-refractivity contribution in [2.24, 2.45) is 0 Å². The Morgan fingerprint density at radius 3 is 2.84 bits per heavy atom. The SMILES string of the molecule is CCOC(=O)CNc1ncc(-c2ccc(Cl)cc2)o1. The molecule has 0 radical (unpaired) electrons. The summed E-state index contributed by atoms with van der Waals surface area (Å²) in [6.45, 7) is 2.12. The summed E-state index contributed by atoms with van der Waals surface area (Å²) >= 11 is 5.81. The maximum Gasteiger partial charge on any atom is 0.325 e. The van der Waals surface area contributed by atoms with E-state index in [1.54, 1.807) is 25.3 Å². The molecule has 2 aromatic rings. The molecule has 0 atom stereocenters. The molecule has 6 heteroatoms. The zero-order valence-corrected chi connectivity index (χ0v) is 11.1. The topological polar surface area (TPSA) is 64.4 Å². The lowest BCUT2D eigenvalue weighted by atomic mass is 10.2. The summed E-state index contributed by atoms with van der Waals surface area (Å²) in [7, 11) is 0. The van der Waals surface area contributed by atoms with Gasteiger partial charge in [0.1, 0.15) is 6.54 Å². The molecule has 0 aliphatic heterocycles. The molecule has 0 fully saturated rings. The number of ether oxygens (including phenoxy) is 1. The monoisotopic (exact) mass is 280 g/mol. The smallest absolute Gasteiger partial charge is 0.325 e. The average Bonchev–Trinajstić information content (AvgIpc) is 2.86. The number of halogens is 1. The standard InChI is InChI=1S/C13H13ClN2O3/c1-2-18-12(17)8-16-13-15-7-11(19-13)9-3-5-10(14)6-4-9/h3-7H,2,8H2,1H3,(H,15,16). The third-order valence-electron chi connectivity index (χ3n) is 2.32. The summed E-state index contributed by atoms with van der Waals surface area (Å²) < 4.78 is 10.2. The van der Waals surface area contributed by atoms with Gasteiger partial charge in [0.2, 0.25) is 0 Å². The number of nitrogens with zero attached hydrogens (tertiary/aromatic N) is 1. The van der Waals surface area contributed by atoms with Crippen LogP contribution in [-0.4, -0.2) is 24.1 Å². The highest BCUT2D eigenvalue weighted by molar-refractivity contribution is 6.30. The minimum absolute atomic E-state index is 0.0222. The zero-order chi connectivity index (χ0) is 13.7. The molecule has 1 aromatic carbocycles. The fraction of sp³-hybridized carbons (Fsp3) is 0.231. The Morgan fingerprint density at radius 1 is 1.42 bits per heavy atom. The van der Waals surface area contributed by atoms with Crippen molar-refractivity contribution in [3.05, 3.63) is 35.5 Å². The van der Waals surface area contributed by atoms with Gasteiger partial charge in [0.25, 0.3) is 6.01 Å². The van der Waals surface area contributed by atoms with Crippen molar-refractivity contribution in [2.75, 3.05) is 18.5 Å². The second-order valence-electron chi connectivity index (χ2n) is 3.70. The van der Waals surface area contributed by atoms with E-state index in [1.807, 2.05) is 12.1 Å². The molecular weight excluding hydrogens is 268 g/mol. The number of oxazole rings is 1. The predicted molar refractivity (Wildman–Crippen MR) is 72.1 cm³/mol. The molecule has 0 amide bonds. The minimum Gasteiger partial charge on any atom is -0.465 e. The molecule has 0 aliphatic carbocycles. The van der Waals surface area contributed by atoms with Crippen molar-refractivity contribution >= 4 is 23.6 Å². The number of hydrogen-bond acceptors (Lipinski definition) is 5. The molecule has 0 spiro atoms. The van der Waals surface area contributed by atoms with E-state index >= 15 is 0 Å². The third-order valence-corrected chi connectivity index (χ3v) is 2.58. The van der Waals surface area contributed by atoms with E-state index in [2.05, 4.69) is 10.3 Å². The average molecular weight is 281 g/mol. The Balaban J connectivity index is 1.99. The Hall–Kier alpha value is -2.01. The van der Waals surface area contributed by atoms with Gasteiger partial charge in [-0.25, -0.2) is 4.98 Å². The normalized spacial score (nSPS) is 10.2. The first-order valence-corrected chi connectivity index (χ1v) is 6.18. The van der Waals surface area contributed by atoms with Crippen LogP contribution in [0.5, 0.6) is 0 Å². The van der Waals surface area contributed by atoms with E-state index in [0.29, 0.717) is 17.4 Å². The lowest BCUT2D eigenvalue weighted by Crippen LogP contribution is -2.16. The first kappa shape index (κ1) is 13.4. The summed E-state index contributed by atoms with van der Waals surface area (Å²) in [4.78, 5) is 15.2. The molecule has 2 rings (SSSR count). The van der Waals surface area contributed by atoms with Crippen molar-refractivity contribution in [3.8, 4) is 11.3 Å². The lowest BCUT2D eigenvalue weighted by Gasteiger charge is -2.01. The summed E-state index contributed by atoms with van der Waals surface area (Å²) in [5.41, 5.74) is 0.862. The maximum absolute atomic E-state index is 11.2. The van der Waals surface area contributed by atoms with E-state index in [4.69, 9.17) is 20.8 Å². The first-order valence-electron chi connectivity index (χ1n) is 5.80. The van der Waals surface area contributed by atoms with Gasteiger partial charge >= 0.3 is 5.97 Å². The fourth-order valence-electron chi connectivity index (χ4n) is 1.46. The molecular formula is C13H13ClN2O3. The van der Waals surface area contributed by atoms with Gasteiger partial charge in [-0.1, -0.05) is 11.6 Å². The van der Waals surface area contributed by atoms with Crippen molar-refractivity contribution in [1.82, 2.24) is 4.98 Å². The number of carbonyl (C=O) groups excluding carboxylic acids is 1. The molecule has 100 valence electrons. The molecule has 19 heavy (non-hydrogen) atoms. The van der Waals surface area contributed by atoms with Gasteiger partial charge in [0.05, 0.1) is 12.8 Å². The second kappa shape index (κ2) is 6.24. The summed E-state index contributed by atoms with van der Waals surface area (Å²) in [5.74, 6) is 0.247. The highest BCUT2D eigenvalue weighted by atomic mass is 35.5. The maximum atomic E-state index is 11.2. The third kappa shape index (κ3) is 3.72. The van der Waals surface area contributed by atoms with Crippen LogP contribution in [0.4, 0.5) is 6.01 Å². The van der Waals surface area contributed by atoms with Crippen LogP contribution >= 0.6 is 11.6 Å². The second-order valence-corrected chi connectivity index (χ2v) is 4.13. The largest absolute Gasteiger partial charge is 0.465 e. The summed E-state index contributed by atoms with van der Waals surface area (Å²) in [5, 5.41) is 3.41. The molecule has 5 nitrogen and oxygen atoms in total. The van der Waals surface area contributed by atoms with Crippen molar-refractivity contribution in [2.45, 2.75) is 6.92 Å². The number of rotatable bonds is 5. The molecule has 0 aliphatic rings. The highest BCUT2D eigenvalue weighted by Crippen LogP contribution is 2.23. The molecule has 0 saturated carbocycles. The van der Waals surface area contributed by atoms with Crippen LogP contribution in [0.3, 0.4) is 0 Å². The highest BCUT2D eigenvalue weighted by Gasteiger charge is 2.08. The van der Waals surface area contributed by atoms with Crippen LogP contribution < -0.4 is 5.32 Å².